The topological polar surface area (TPSA) is 33.2 Å². The van der Waals surface area contributed by atoms with E-state index in [1.54, 1.807) is 11.8 Å². The van der Waals surface area contributed by atoms with E-state index < -0.39 is 5.95 Å². The molecule has 1 aliphatic rings. The molecule has 1 amide bonds. The van der Waals surface area contributed by atoms with Crippen LogP contribution in [-0.4, -0.2) is 22.3 Å². The predicted octanol–water partition coefficient (Wildman–Crippen LogP) is 2.03. The Labute approximate surface area is 95.4 Å². The van der Waals surface area contributed by atoms with Gasteiger partial charge < -0.3 is 4.90 Å². The predicted molar refractivity (Wildman–Crippen MR) is 58.6 cm³/mol. The molecule has 1 fully saturated rings. The lowest BCUT2D eigenvalue weighted by Crippen LogP contribution is -2.25. The molecule has 0 bridgehead atoms. The second-order valence-electron chi connectivity index (χ2n) is 3.60. The van der Waals surface area contributed by atoms with Crippen molar-refractivity contribution >= 4 is 27.5 Å². The molecule has 0 aromatic carbocycles. The van der Waals surface area contributed by atoms with Crippen molar-refractivity contribution < 1.29 is 9.18 Å². The van der Waals surface area contributed by atoms with Crippen LogP contribution in [0.5, 0.6) is 0 Å². The Morgan fingerprint density at radius 1 is 1.67 bits per heavy atom. The van der Waals surface area contributed by atoms with Gasteiger partial charge in [0, 0.05) is 17.8 Å². The standard InChI is InChI=1S/C10H10BrFN2O/c1-6-2-9(12)13-4-8(6)14-5-7(11)3-10(14)15/h2,4,7H,3,5H2,1H3. The van der Waals surface area contributed by atoms with Crippen molar-refractivity contribution in [2.45, 2.75) is 18.2 Å². The third-order valence-corrected chi connectivity index (χ3v) is 3.03. The van der Waals surface area contributed by atoms with E-state index in [1.165, 1.54) is 12.3 Å². The molecule has 0 N–H and O–H groups in total. The van der Waals surface area contributed by atoms with Gasteiger partial charge in [-0.2, -0.15) is 4.39 Å². The molecule has 3 nitrogen and oxygen atoms in total. The van der Waals surface area contributed by atoms with E-state index in [0.717, 1.165) is 5.56 Å². The Kier molecular flexibility index (Phi) is 2.73. The number of aromatic nitrogens is 1. The molecule has 2 heterocycles. The lowest BCUT2D eigenvalue weighted by Gasteiger charge is -2.17. The van der Waals surface area contributed by atoms with E-state index in [0.29, 0.717) is 18.7 Å². The van der Waals surface area contributed by atoms with Crippen LogP contribution in [0.2, 0.25) is 0 Å². The number of hydrogen-bond donors (Lipinski definition) is 0. The van der Waals surface area contributed by atoms with Gasteiger partial charge in [-0.3, -0.25) is 4.79 Å². The Morgan fingerprint density at radius 2 is 2.40 bits per heavy atom. The van der Waals surface area contributed by atoms with Crippen LogP contribution in [0.1, 0.15) is 12.0 Å². The minimum atomic E-state index is -0.515. The van der Waals surface area contributed by atoms with Gasteiger partial charge >= 0.3 is 0 Å². The van der Waals surface area contributed by atoms with Gasteiger partial charge in [0.1, 0.15) is 0 Å². The first-order valence-corrected chi connectivity index (χ1v) is 5.56. The molecule has 1 unspecified atom stereocenters. The van der Waals surface area contributed by atoms with E-state index in [9.17, 15) is 9.18 Å². The molecule has 1 aromatic heterocycles. The molecular formula is C10H10BrFN2O. The smallest absolute Gasteiger partial charge is 0.228 e. The van der Waals surface area contributed by atoms with Gasteiger partial charge in [0.15, 0.2) is 0 Å². The van der Waals surface area contributed by atoms with Gasteiger partial charge in [0.2, 0.25) is 11.9 Å². The number of carbonyl (C=O) groups excluding carboxylic acids is 1. The first-order valence-electron chi connectivity index (χ1n) is 4.64. The van der Waals surface area contributed by atoms with Crippen molar-refractivity contribution in [1.82, 2.24) is 4.98 Å². The molecule has 0 radical (unpaired) electrons. The summed E-state index contributed by atoms with van der Waals surface area (Å²) in [5.41, 5.74) is 1.43. The number of carbonyl (C=O) groups is 1. The van der Waals surface area contributed by atoms with Gasteiger partial charge in [-0.1, -0.05) is 15.9 Å². The quantitative estimate of drug-likeness (QED) is 0.579. The van der Waals surface area contributed by atoms with Gasteiger partial charge in [-0.15, -0.1) is 0 Å². The minimum absolute atomic E-state index is 0.0494. The van der Waals surface area contributed by atoms with Crippen molar-refractivity contribution in [1.29, 1.82) is 0 Å². The molecule has 0 spiro atoms. The largest absolute Gasteiger partial charge is 0.309 e. The normalized spacial score (nSPS) is 21.1. The summed E-state index contributed by atoms with van der Waals surface area (Å²) < 4.78 is 12.8. The molecule has 1 aliphatic heterocycles. The zero-order valence-corrected chi connectivity index (χ0v) is 9.79. The van der Waals surface area contributed by atoms with Crippen LogP contribution in [-0.2, 0) is 4.79 Å². The van der Waals surface area contributed by atoms with Crippen LogP contribution >= 0.6 is 15.9 Å². The van der Waals surface area contributed by atoms with Crippen molar-refractivity contribution in [2.24, 2.45) is 0 Å². The number of nitrogens with zero attached hydrogens (tertiary/aromatic N) is 2. The van der Waals surface area contributed by atoms with Crippen LogP contribution in [0.15, 0.2) is 12.3 Å². The molecular weight excluding hydrogens is 263 g/mol. The van der Waals surface area contributed by atoms with Crippen LogP contribution in [0.4, 0.5) is 10.1 Å². The molecule has 15 heavy (non-hydrogen) atoms. The highest BCUT2D eigenvalue weighted by Gasteiger charge is 2.29. The monoisotopic (exact) mass is 272 g/mol. The van der Waals surface area contributed by atoms with Crippen molar-refractivity contribution in [2.75, 3.05) is 11.4 Å². The summed E-state index contributed by atoms with van der Waals surface area (Å²) in [4.78, 5) is 17.0. The second kappa shape index (κ2) is 3.89. The van der Waals surface area contributed by atoms with Crippen molar-refractivity contribution in [3.8, 4) is 0 Å². The van der Waals surface area contributed by atoms with E-state index >= 15 is 0 Å². The first-order chi connectivity index (χ1) is 7.08. The van der Waals surface area contributed by atoms with Gasteiger partial charge in [0.05, 0.1) is 11.9 Å². The van der Waals surface area contributed by atoms with E-state index in [1.807, 2.05) is 0 Å². The zero-order valence-electron chi connectivity index (χ0n) is 8.20. The fourth-order valence-corrected chi connectivity index (χ4v) is 2.26. The number of pyridine rings is 1. The summed E-state index contributed by atoms with van der Waals surface area (Å²) in [6.45, 7) is 2.39. The third-order valence-electron chi connectivity index (χ3n) is 2.42. The van der Waals surface area contributed by atoms with Crippen molar-refractivity contribution in [3.63, 3.8) is 0 Å². The number of rotatable bonds is 1. The van der Waals surface area contributed by atoms with Crippen LogP contribution in [0, 0.1) is 12.9 Å². The van der Waals surface area contributed by atoms with Gasteiger partial charge in [-0.05, 0) is 18.6 Å². The van der Waals surface area contributed by atoms with Crippen LogP contribution < -0.4 is 4.90 Å². The third kappa shape index (κ3) is 2.02. The average molecular weight is 273 g/mol. The maximum Gasteiger partial charge on any atom is 0.228 e. The number of hydrogen-bond acceptors (Lipinski definition) is 2. The highest BCUT2D eigenvalue weighted by atomic mass is 79.9. The molecule has 5 heteroatoms. The highest BCUT2D eigenvalue weighted by molar-refractivity contribution is 9.09. The Hall–Kier alpha value is -0.970. The average Bonchev–Trinajstić information content (AvgIpc) is 2.45. The van der Waals surface area contributed by atoms with Gasteiger partial charge in [-0.25, -0.2) is 4.98 Å². The molecule has 1 aromatic rings. The van der Waals surface area contributed by atoms with Crippen molar-refractivity contribution in [3.05, 3.63) is 23.8 Å². The summed E-state index contributed by atoms with van der Waals surface area (Å²) in [6.07, 6.45) is 1.89. The number of alkyl halides is 1. The SMILES string of the molecule is Cc1cc(F)ncc1N1CC(Br)CC1=O. The maximum absolute atomic E-state index is 12.8. The number of amides is 1. The summed E-state index contributed by atoms with van der Waals surface area (Å²) in [5, 5.41) is 0. The summed E-state index contributed by atoms with van der Waals surface area (Å²) in [6, 6.07) is 1.34. The molecule has 1 saturated heterocycles. The minimum Gasteiger partial charge on any atom is -0.309 e. The number of halogens is 2. The summed E-state index contributed by atoms with van der Waals surface area (Å²) >= 11 is 3.40. The highest BCUT2D eigenvalue weighted by Crippen LogP contribution is 2.27. The summed E-state index contributed by atoms with van der Waals surface area (Å²) in [5.74, 6) is -0.466. The first kappa shape index (κ1) is 10.5. The van der Waals surface area contributed by atoms with Gasteiger partial charge in [0.25, 0.3) is 0 Å². The van der Waals surface area contributed by atoms with Crippen LogP contribution in [0.25, 0.3) is 0 Å². The molecule has 2 rings (SSSR count). The Balaban J connectivity index is 2.34. The Bertz CT molecular complexity index is 410. The lowest BCUT2D eigenvalue weighted by atomic mass is 10.2. The Morgan fingerprint density at radius 3 is 2.93 bits per heavy atom. The molecule has 0 aliphatic carbocycles. The number of aryl methyl sites for hydroxylation is 1. The molecule has 1 atom stereocenters. The summed E-state index contributed by atoms with van der Waals surface area (Å²) in [7, 11) is 0. The fraction of sp³-hybridized carbons (Fsp3) is 0.400. The van der Waals surface area contributed by atoms with Crippen LogP contribution in [0.3, 0.4) is 0 Å². The maximum atomic E-state index is 12.8. The van der Waals surface area contributed by atoms with E-state index in [-0.39, 0.29) is 10.7 Å². The van der Waals surface area contributed by atoms with E-state index in [4.69, 9.17) is 0 Å². The molecule has 0 saturated carbocycles. The number of anilines is 1. The second-order valence-corrected chi connectivity index (χ2v) is 4.89. The lowest BCUT2D eigenvalue weighted by molar-refractivity contribution is -0.117. The zero-order chi connectivity index (χ0) is 11.0. The molecule has 80 valence electrons. The fourth-order valence-electron chi connectivity index (χ4n) is 1.69. The van der Waals surface area contributed by atoms with E-state index in [2.05, 4.69) is 20.9 Å².